The van der Waals surface area contributed by atoms with Crippen LogP contribution in [0, 0.1) is 0 Å². The quantitative estimate of drug-likeness (QED) is 0.855. The summed E-state index contributed by atoms with van der Waals surface area (Å²) in [6.45, 7) is 0.482. The second-order valence-electron chi connectivity index (χ2n) is 3.42. The molecule has 1 heterocycles. The maximum absolute atomic E-state index is 11.8. The van der Waals surface area contributed by atoms with Crippen LogP contribution in [0.2, 0.25) is 0 Å². The predicted molar refractivity (Wildman–Crippen MR) is 71.8 cm³/mol. The number of benzene rings is 1. The Kier molecular flexibility index (Phi) is 3.75. The van der Waals surface area contributed by atoms with Gasteiger partial charge in [-0.1, -0.05) is 15.9 Å². The van der Waals surface area contributed by atoms with Gasteiger partial charge in [0.25, 0.3) is 5.91 Å². The smallest absolute Gasteiger partial charge is 0.251 e. The first-order valence-corrected chi connectivity index (χ1v) is 6.54. The van der Waals surface area contributed by atoms with Crippen LogP contribution >= 0.6 is 27.3 Å². The second-order valence-corrected chi connectivity index (χ2v) is 5.31. The van der Waals surface area contributed by atoms with Gasteiger partial charge >= 0.3 is 0 Å². The van der Waals surface area contributed by atoms with E-state index in [1.165, 1.54) is 11.3 Å². The molecule has 4 nitrogen and oxygen atoms in total. The number of aromatic nitrogens is 1. The number of hydrogen-bond donors (Lipinski definition) is 2. The Morgan fingerprint density at radius 2 is 2.29 bits per heavy atom. The van der Waals surface area contributed by atoms with Crippen LogP contribution in [-0.2, 0) is 6.54 Å². The standard InChI is InChI=1S/C11H10BrN3OS/c12-8-1-7(2-9(13)3-8)11(16)15-5-10-4-14-6-17-10/h1-4,6H,5,13H2,(H,15,16). The van der Waals surface area contributed by atoms with Crippen molar-refractivity contribution in [2.75, 3.05) is 5.73 Å². The molecule has 2 aromatic rings. The minimum atomic E-state index is -0.147. The van der Waals surface area contributed by atoms with E-state index in [9.17, 15) is 4.79 Å². The molecule has 6 heteroatoms. The highest BCUT2D eigenvalue weighted by molar-refractivity contribution is 9.10. The Hall–Kier alpha value is -1.40. The number of nitrogens with one attached hydrogen (secondary N) is 1. The molecule has 0 aliphatic rings. The molecule has 0 saturated carbocycles. The van der Waals surface area contributed by atoms with E-state index in [-0.39, 0.29) is 5.91 Å². The van der Waals surface area contributed by atoms with Gasteiger partial charge in [-0.2, -0.15) is 0 Å². The maximum atomic E-state index is 11.8. The summed E-state index contributed by atoms with van der Waals surface area (Å²) < 4.78 is 0.792. The van der Waals surface area contributed by atoms with Gasteiger partial charge < -0.3 is 11.1 Å². The van der Waals surface area contributed by atoms with Crippen molar-refractivity contribution in [2.24, 2.45) is 0 Å². The number of amides is 1. The summed E-state index contributed by atoms with van der Waals surface area (Å²) in [5.41, 5.74) is 8.51. The predicted octanol–water partition coefficient (Wildman–Crippen LogP) is 2.42. The van der Waals surface area contributed by atoms with Crippen LogP contribution in [0.4, 0.5) is 5.69 Å². The number of nitrogens with two attached hydrogens (primary N) is 1. The number of hydrogen-bond acceptors (Lipinski definition) is 4. The van der Waals surface area contributed by atoms with E-state index < -0.39 is 0 Å². The third kappa shape index (κ3) is 3.28. The van der Waals surface area contributed by atoms with Gasteiger partial charge in [-0.25, -0.2) is 0 Å². The van der Waals surface area contributed by atoms with Gasteiger partial charge in [0, 0.05) is 26.8 Å². The molecule has 0 atom stereocenters. The molecule has 0 unspecified atom stereocenters. The Morgan fingerprint density at radius 3 is 2.94 bits per heavy atom. The fraction of sp³-hybridized carbons (Fsp3) is 0.0909. The molecule has 1 aromatic carbocycles. The van der Waals surface area contributed by atoms with Crippen LogP contribution in [0.1, 0.15) is 15.2 Å². The SMILES string of the molecule is Nc1cc(Br)cc(C(=O)NCc2cncs2)c1. The topological polar surface area (TPSA) is 68.0 Å². The van der Waals surface area contributed by atoms with Crippen molar-refractivity contribution in [2.45, 2.75) is 6.54 Å². The molecule has 1 amide bonds. The van der Waals surface area contributed by atoms with Gasteiger partial charge in [0.2, 0.25) is 0 Å². The zero-order valence-corrected chi connectivity index (χ0v) is 11.2. The van der Waals surface area contributed by atoms with Crippen molar-refractivity contribution < 1.29 is 4.79 Å². The van der Waals surface area contributed by atoms with Crippen LogP contribution in [0.5, 0.6) is 0 Å². The summed E-state index contributed by atoms with van der Waals surface area (Å²) in [4.78, 5) is 16.8. The first-order chi connectivity index (χ1) is 8.15. The lowest BCUT2D eigenvalue weighted by atomic mass is 10.2. The number of carbonyl (C=O) groups is 1. The largest absolute Gasteiger partial charge is 0.399 e. The lowest BCUT2D eigenvalue weighted by Gasteiger charge is -2.05. The van der Waals surface area contributed by atoms with Crippen molar-refractivity contribution in [3.63, 3.8) is 0 Å². The summed E-state index contributed by atoms with van der Waals surface area (Å²) in [5.74, 6) is -0.147. The van der Waals surface area contributed by atoms with Crippen LogP contribution in [0.3, 0.4) is 0 Å². The van der Waals surface area contributed by atoms with E-state index in [4.69, 9.17) is 5.73 Å². The number of anilines is 1. The molecular weight excluding hydrogens is 302 g/mol. The summed E-state index contributed by atoms with van der Waals surface area (Å²) in [6, 6.07) is 5.13. The lowest BCUT2D eigenvalue weighted by Crippen LogP contribution is -2.22. The molecular formula is C11H10BrN3OS. The van der Waals surface area contributed by atoms with Gasteiger partial charge in [0.05, 0.1) is 12.1 Å². The minimum Gasteiger partial charge on any atom is -0.399 e. The Balaban J connectivity index is 2.04. The zero-order valence-electron chi connectivity index (χ0n) is 8.81. The number of rotatable bonds is 3. The monoisotopic (exact) mass is 311 g/mol. The molecule has 0 saturated heterocycles. The number of carbonyl (C=O) groups excluding carboxylic acids is 1. The van der Waals surface area contributed by atoms with Gasteiger partial charge in [0.1, 0.15) is 0 Å². The van der Waals surface area contributed by atoms with Crippen LogP contribution in [0.15, 0.2) is 34.4 Å². The second kappa shape index (κ2) is 5.29. The highest BCUT2D eigenvalue weighted by atomic mass is 79.9. The summed E-state index contributed by atoms with van der Waals surface area (Å²) in [6.07, 6.45) is 1.74. The summed E-state index contributed by atoms with van der Waals surface area (Å²) in [7, 11) is 0. The van der Waals surface area contributed by atoms with E-state index >= 15 is 0 Å². The van der Waals surface area contributed by atoms with Gasteiger partial charge in [-0.05, 0) is 18.2 Å². The fourth-order valence-electron chi connectivity index (χ4n) is 1.34. The molecule has 3 N–H and O–H groups in total. The fourth-order valence-corrected chi connectivity index (χ4v) is 2.39. The highest BCUT2D eigenvalue weighted by Gasteiger charge is 2.07. The third-order valence-electron chi connectivity index (χ3n) is 2.09. The Bertz CT molecular complexity index is 507. The minimum absolute atomic E-state index is 0.147. The van der Waals surface area contributed by atoms with Crippen LogP contribution in [-0.4, -0.2) is 10.9 Å². The van der Waals surface area contributed by atoms with Crippen molar-refractivity contribution in [3.05, 3.63) is 44.8 Å². The molecule has 0 bridgehead atoms. The third-order valence-corrected chi connectivity index (χ3v) is 3.33. The highest BCUT2D eigenvalue weighted by Crippen LogP contribution is 2.17. The molecule has 0 aliphatic carbocycles. The zero-order chi connectivity index (χ0) is 12.3. The lowest BCUT2D eigenvalue weighted by molar-refractivity contribution is 0.0951. The molecule has 0 spiro atoms. The van der Waals surface area contributed by atoms with E-state index in [2.05, 4.69) is 26.2 Å². The summed E-state index contributed by atoms with van der Waals surface area (Å²) >= 11 is 4.81. The van der Waals surface area contributed by atoms with Crippen molar-refractivity contribution in [1.29, 1.82) is 0 Å². The molecule has 0 fully saturated rings. The molecule has 1 aromatic heterocycles. The van der Waals surface area contributed by atoms with Crippen molar-refractivity contribution >= 4 is 38.9 Å². The van der Waals surface area contributed by atoms with Crippen molar-refractivity contribution in [3.8, 4) is 0 Å². The Labute approximate surface area is 111 Å². The maximum Gasteiger partial charge on any atom is 0.251 e. The normalized spacial score (nSPS) is 10.2. The average Bonchev–Trinajstić information content (AvgIpc) is 2.77. The van der Waals surface area contributed by atoms with E-state index in [0.29, 0.717) is 17.8 Å². The van der Waals surface area contributed by atoms with Gasteiger partial charge in [0.15, 0.2) is 0 Å². The van der Waals surface area contributed by atoms with Crippen LogP contribution in [0.25, 0.3) is 0 Å². The molecule has 17 heavy (non-hydrogen) atoms. The van der Waals surface area contributed by atoms with Gasteiger partial charge in [-0.3, -0.25) is 9.78 Å². The van der Waals surface area contributed by atoms with Gasteiger partial charge in [-0.15, -0.1) is 11.3 Å². The summed E-state index contributed by atoms with van der Waals surface area (Å²) in [5, 5.41) is 2.81. The number of halogens is 1. The molecule has 0 radical (unpaired) electrons. The van der Waals surface area contributed by atoms with E-state index in [0.717, 1.165) is 9.35 Å². The number of thiazole rings is 1. The number of nitrogen functional groups attached to an aromatic ring is 1. The Morgan fingerprint density at radius 1 is 1.47 bits per heavy atom. The van der Waals surface area contributed by atoms with Crippen molar-refractivity contribution in [1.82, 2.24) is 10.3 Å². The van der Waals surface area contributed by atoms with E-state index in [1.54, 1.807) is 29.9 Å². The molecule has 2 rings (SSSR count). The first kappa shape index (κ1) is 12.1. The average molecular weight is 312 g/mol. The molecule has 88 valence electrons. The van der Waals surface area contributed by atoms with E-state index in [1.807, 2.05) is 0 Å². The number of nitrogens with zero attached hydrogens (tertiary/aromatic N) is 1. The first-order valence-electron chi connectivity index (χ1n) is 4.87. The van der Waals surface area contributed by atoms with Crippen LogP contribution < -0.4 is 11.1 Å². The molecule has 0 aliphatic heterocycles.